The van der Waals surface area contributed by atoms with Gasteiger partial charge in [0.15, 0.2) is 0 Å². The topological polar surface area (TPSA) is 84.5 Å². The van der Waals surface area contributed by atoms with E-state index >= 15 is 0 Å². The number of nitriles is 1. The Morgan fingerprint density at radius 3 is 2.54 bits per heavy atom. The van der Waals surface area contributed by atoms with Crippen molar-refractivity contribution in [1.82, 2.24) is 0 Å². The Morgan fingerprint density at radius 1 is 1.38 bits per heavy atom. The van der Waals surface area contributed by atoms with E-state index in [2.05, 4.69) is 0 Å². The van der Waals surface area contributed by atoms with Gasteiger partial charge < -0.3 is 15.2 Å². The third kappa shape index (κ3) is 2.07. The Morgan fingerprint density at radius 2 is 2.08 bits per heavy atom. The maximum absolute atomic E-state index is 8.88. The summed E-state index contributed by atoms with van der Waals surface area (Å²) in [5, 5.41) is 35.1. The molecule has 0 amide bonds. The van der Waals surface area contributed by atoms with Crippen LogP contribution in [0.25, 0.3) is 0 Å². The van der Waals surface area contributed by atoms with Gasteiger partial charge in [-0.1, -0.05) is 12.1 Å². The largest absolute Gasteiger partial charge is 0.489 e. The highest BCUT2D eigenvalue weighted by Crippen LogP contribution is 2.01. The zero-order chi connectivity index (χ0) is 9.84. The van der Waals surface area contributed by atoms with Crippen LogP contribution in [0.4, 0.5) is 0 Å². The minimum Gasteiger partial charge on any atom is -0.423 e. The lowest BCUT2D eigenvalue weighted by atomic mass is 9.76. The van der Waals surface area contributed by atoms with Crippen LogP contribution in [0.1, 0.15) is 11.1 Å². The second-order valence-electron chi connectivity index (χ2n) is 2.57. The van der Waals surface area contributed by atoms with E-state index in [1.54, 1.807) is 6.07 Å². The molecule has 0 heterocycles. The van der Waals surface area contributed by atoms with Gasteiger partial charge >= 0.3 is 7.12 Å². The van der Waals surface area contributed by atoms with Gasteiger partial charge in [-0.05, 0) is 11.6 Å². The van der Waals surface area contributed by atoms with Gasteiger partial charge in [-0.2, -0.15) is 5.26 Å². The molecule has 0 fully saturated rings. The van der Waals surface area contributed by atoms with Crippen LogP contribution in [0.2, 0.25) is 0 Å². The van der Waals surface area contributed by atoms with Gasteiger partial charge in [0, 0.05) is 5.46 Å². The summed E-state index contributed by atoms with van der Waals surface area (Å²) in [5.41, 5.74) is 0.864. The quantitative estimate of drug-likeness (QED) is 0.491. The van der Waals surface area contributed by atoms with E-state index in [0.717, 1.165) is 0 Å². The molecule has 0 radical (unpaired) electrons. The predicted octanol–water partition coefficient (Wildman–Crippen LogP) is -1.27. The Balaban J connectivity index is 3.20. The molecular weight excluding hydrogens is 169 g/mol. The number of rotatable bonds is 2. The molecule has 0 spiro atoms. The van der Waals surface area contributed by atoms with Crippen LogP contribution in [0, 0.1) is 11.3 Å². The minimum atomic E-state index is -1.68. The van der Waals surface area contributed by atoms with Gasteiger partial charge in [0.25, 0.3) is 0 Å². The number of aliphatic hydroxyl groups excluding tert-OH is 1. The normalized spacial score (nSPS) is 9.38. The predicted molar refractivity (Wildman–Crippen MR) is 46.9 cm³/mol. The van der Waals surface area contributed by atoms with Crippen molar-refractivity contribution in [3.05, 3.63) is 29.3 Å². The number of hydrogen-bond acceptors (Lipinski definition) is 4. The molecule has 1 aromatic rings. The van der Waals surface area contributed by atoms with Crippen LogP contribution < -0.4 is 5.46 Å². The highest BCUT2D eigenvalue weighted by atomic mass is 16.4. The summed E-state index contributed by atoms with van der Waals surface area (Å²) >= 11 is 0. The first-order chi connectivity index (χ1) is 6.19. The standard InChI is InChI=1S/C8H8BNO3/c10-4-7-2-1-6(5-11)3-8(7)9(12)13/h1-3,11-13H,5H2. The van der Waals surface area contributed by atoms with Crippen LogP contribution in [-0.2, 0) is 6.61 Å². The fraction of sp³-hybridized carbons (Fsp3) is 0.125. The Hall–Kier alpha value is -1.35. The van der Waals surface area contributed by atoms with Crippen molar-refractivity contribution in [1.29, 1.82) is 5.26 Å². The fourth-order valence-corrected chi connectivity index (χ4v) is 1.03. The van der Waals surface area contributed by atoms with E-state index in [-0.39, 0.29) is 17.6 Å². The molecule has 3 N–H and O–H groups in total. The average Bonchev–Trinajstić information content (AvgIpc) is 2.16. The zero-order valence-corrected chi connectivity index (χ0v) is 6.81. The number of benzene rings is 1. The summed E-state index contributed by atoms with van der Waals surface area (Å²) in [7, 11) is -1.68. The van der Waals surface area contributed by atoms with Crippen molar-refractivity contribution in [2.24, 2.45) is 0 Å². The van der Waals surface area contributed by atoms with E-state index in [0.29, 0.717) is 5.56 Å². The average molecular weight is 177 g/mol. The Kier molecular flexibility index (Phi) is 3.04. The molecule has 1 aromatic carbocycles. The third-order valence-electron chi connectivity index (χ3n) is 1.70. The molecular formula is C8H8BNO3. The van der Waals surface area contributed by atoms with E-state index in [9.17, 15) is 0 Å². The van der Waals surface area contributed by atoms with Gasteiger partial charge in [-0.3, -0.25) is 0 Å². The molecule has 0 aliphatic carbocycles. The van der Waals surface area contributed by atoms with Gasteiger partial charge in [-0.25, -0.2) is 0 Å². The molecule has 4 nitrogen and oxygen atoms in total. The van der Waals surface area contributed by atoms with E-state index in [1.807, 2.05) is 6.07 Å². The molecule has 0 atom stereocenters. The van der Waals surface area contributed by atoms with Crippen LogP contribution >= 0.6 is 0 Å². The minimum absolute atomic E-state index is 0.119. The monoisotopic (exact) mass is 177 g/mol. The molecule has 0 aromatic heterocycles. The molecule has 0 saturated carbocycles. The second-order valence-corrected chi connectivity index (χ2v) is 2.57. The first-order valence-electron chi connectivity index (χ1n) is 3.69. The van der Waals surface area contributed by atoms with Gasteiger partial charge in [0.1, 0.15) is 0 Å². The van der Waals surface area contributed by atoms with Crippen LogP contribution in [0.15, 0.2) is 18.2 Å². The molecule has 0 aliphatic rings. The highest BCUT2D eigenvalue weighted by molar-refractivity contribution is 6.59. The summed E-state index contributed by atoms with van der Waals surface area (Å²) in [6, 6.07) is 6.22. The second kappa shape index (κ2) is 4.05. The number of aliphatic hydroxyl groups is 1. The first kappa shape index (κ1) is 9.74. The van der Waals surface area contributed by atoms with Crippen molar-refractivity contribution in [2.75, 3.05) is 0 Å². The number of hydrogen-bond donors (Lipinski definition) is 3. The molecule has 0 aliphatic heterocycles. The lowest BCUT2D eigenvalue weighted by molar-refractivity contribution is 0.282. The summed E-state index contributed by atoms with van der Waals surface area (Å²) in [4.78, 5) is 0. The van der Waals surface area contributed by atoms with Crippen LogP contribution in [0.5, 0.6) is 0 Å². The maximum Gasteiger partial charge on any atom is 0.489 e. The van der Waals surface area contributed by atoms with E-state index in [1.165, 1.54) is 12.1 Å². The summed E-state index contributed by atoms with van der Waals surface area (Å²) in [5.74, 6) is 0. The molecule has 13 heavy (non-hydrogen) atoms. The molecule has 5 heteroatoms. The van der Waals surface area contributed by atoms with Crippen LogP contribution in [0.3, 0.4) is 0 Å². The molecule has 66 valence electrons. The lowest BCUT2D eigenvalue weighted by Gasteiger charge is -2.03. The molecule has 0 saturated heterocycles. The number of nitrogens with zero attached hydrogens (tertiary/aromatic N) is 1. The fourth-order valence-electron chi connectivity index (χ4n) is 1.03. The molecule has 0 unspecified atom stereocenters. The van der Waals surface area contributed by atoms with Gasteiger partial charge in [0.05, 0.1) is 18.2 Å². The van der Waals surface area contributed by atoms with Crippen molar-refractivity contribution >= 4 is 12.6 Å². The summed E-state index contributed by atoms with van der Waals surface area (Å²) < 4.78 is 0. The summed E-state index contributed by atoms with van der Waals surface area (Å²) in [6.07, 6.45) is 0. The Labute approximate surface area is 75.8 Å². The summed E-state index contributed by atoms with van der Waals surface area (Å²) in [6.45, 7) is -0.189. The van der Waals surface area contributed by atoms with Crippen molar-refractivity contribution in [3.8, 4) is 6.07 Å². The molecule has 0 bridgehead atoms. The SMILES string of the molecule is N#Cc1ccc(CO)cc1B(O)O. The first-order valence-corrected chi connectivity index (χ1v) is 3.69. The van der Waals surface area contributed by atoms with Crippen molar-refractivity contribution in [2.45, 2.75) is 6.61 Å². The van der Waals surface area contributed by atoms with E-state index in [4.69, 9.17) is 20.4 Å². The zero-order valence-electron chi connectivity index (χ0n) is 6.81. The third-order valence-corrected chi connectivity index (χ3v) is 1.70. The van der Waals surface area contributed by atoms with Crippen LogP contribution in [-0.4, -0.2) is 22.3 Å². The van der Waals surface area contributed by atoms with Gasteiger partial charge in [0.2, 0.25) is 0 Å². The van der Waals surface area contributed by atoms with Gasteiger partial charge in [-0.15, -0.1) is 0 Å². The van der Waals surface area contributed by atoms with Crippen molar-refractivity contribution in [3.63, 3.8) is 0 Å². The smallest absolute Gasteiger partial charge is 0.423 e. The van der Waals surface area contributed by atoms with E-state index < -0.39 is 7.12 Å². The highest BCUT2D eigenvalue weighted by Gasteiger charge is 2.16. The Bertz CT molecular complexity index is 346. The maximum atomic E-state index is 8.88. The molecule has 1 rings (SSSR count). The van der Waals surface area contributed by atoms with Crippen molar-refractivity contribution < 1.29 is 15.2 Å². The lowest BCUT2D eigenvalue weighted by Crippen LogP contribution is -2.32.